The number of imidazole rings is 1. The second kappa shape index (κ2) is 4.77. The second-order valence-electron chi connectivity index (χ2n) is 3.76. The van der Waals surface area contributed by atoms with Crippen molar-refractivity contribution < 1.29 is 4.39 Å². The van der Waals surface area contributed by atoms with Crippen LogP contribution in [0.1, 0.15) is 5.56 Å². The number of anilines is 1. The molecule has 0 aliphatic rings. The van der Waals surface area contributed by atoms with Crippen molar-refractivity contribution in [1.29, 1.82) is 0 Å². The number of aromatic nitrogens is 5. The third-order valence-corrected chi connectivity index (χ3v) is 2.72. The van der Waals surface area contributed by atoms with E-state index in [9.17, 15) is 4.39 Å². The highest BCUT2D eigenvalue weighted by molar-refractivity contribution is 6.28. The van der Waals surface area contributed by atoms with Gasteiger partial charge >= 0.3 is 0 Å². The molecule has 0 saturated carbocycles. The number of halogens is 2. The fourth-order valence-electron chi connectivity index (χ4n) is 1.66. The molecule has 0 saturated heterocycles. The summed E-state index contributed by atoms with van der Waals surface area (Å²) in [4.78, 5) is 18.6. The molecule has 0 bridgehead atoms. The van der Waals surface area contributed by atoms with E-state index in [0.29, 0.717) is 22.5 Å². The first-order chi connectivity index (χ1) is 9.24. The van der Waals surface area contributed by atoms with Crippen LogP contribution in [0.2, 0.25) is 5.28 Å². The quantitative estimate of drug-likeness (QED) is 0.718. The zero-order valence-electron chi connectivity index (χ0n) is 9.56. The summed E-state index contributed by atoms with van der Waals surface area (Å²) in [7, 11) is 0. The van der Waals surface area contributed by atoms with Crippen LogP contribution in [-0.4, -0.2) is 24.9 Å². The largest absolute Gasteiger partial charge is 0.364 e. The molecule has 0 aliphatic carbocycles. The van der Waals surface area contributed by atoms with E-state index in [0.717, 1.165) is 6.20 Å². The molecular formula is C11H8ClFN6. The number of H-pyrrole nitrogens is 1. The summed E-state index contributed by atoms with van der Waals surface area (Å²) in [6.07, 6.45) is 4.18. The summed E-state index contributed by atoms with van der Waals surface area (Å²) in [5, 5.41) is 3.08. The van der Waals surface area contributed by atoms with Crippen LogP contribution >= 0.6 is 11.6 Å². The van der Waals surface area contributed by atoms with Crippen molar-refractivity contribution in [3.63, 3.8) is 0 Å². The minimum absolute atomic E-state index is 0.0921. The van der Waals surface area contributed by atoms with E-state index in [-0.39, 0.29) is 17.6 Å². The SMILES string of the molecule is Fc1cnccc1CNc1nc(Cl)nc2[nH]cnc12. The first-order valence-corrected chi connectivity index (χ1v) is 5.81. The Labute approximate surface area is 112 Å². The highest BCUT2D eigenvalue weighted by atomic mass is 35.5. The summed E-state index contributed by atoms with van der Waals surface area (Å²) in [6, 6.07) is 1.59. The first-order valence-electron chi connectivity index (χ1n) is 5.43. The third kappa shape index (κ3) is 2.32. The number of aromatic amines is 1. The maximum atomic E-state index is 13.4. The number of nitrogens with zero attached hydrogens (tertiary/aromatic N) is 4. The van der Waals surface area contributed by atoms with Crippen LogP contribution in [0.4, 0.5) is 10.2 Å². The van der Waals surface area contributed by atoms with Gasteiger partial charge in [-0.3, -0.25) is 4.98 Å². The van der Waals surface area contributed by atoms with Crippen LogP contribution in [0.25, 0.3) is 11.2 Å². The Hall–Kier alpha value is -2.28. The van der Waals surface area contributed by atoms with Crippen molar-refractivity contribution in [1.82, 2.24) is 24.9 Å². The van der Waals surface area contributed by atoms with Crippen molar-refractivity contribution in [2.45, 2.75) is 6.54 Å². The first kappa shape index (κ1) is 11.8. The van der Waals surface area contributed by atoms with E-state index in [1.807, 2.05) is 0 Å². The van der Waals surface area contributed by atoms with Crippen molar-refractivity contribution in [2.75, 3.05) is 5.32 Å². The van der Waals surface area contributed by atoms with Gasteiger partial charge in [0, 0.05) is 18.3 Å². The molecule has 96 valence electrons. The second-order valence-corrected chi connectivity index (χ2v) is 4.10. The summed E-state index contributed by atoms with van der Waals surface area (Å²) in [5.41, 5.74) is 1.56. The standard InChI is InChI=1S/C11H8ClFN6/c12-11-18-9(8-10(19-11)17-5-16-8)15-3-6-1-2-14-4-7(6)13/h1-2,4-5H,3H2,(H2,15,16,17,18,19). The highest BCUT2D eigenvalue weighted by Crippen LogP contribution is 2.19. The lowest BCUT2D eigenvalue weighted by molar-refractivity contribution is 0.606. The summed E-state index contributed by atoms with van der Waals surface area (Å²) < 4.78 is 13.4. The Kier molecular flexibility index (Phi) is 2.96. The molecule has 0 amide bonds. The van der Waals surface area contributed by atoms with Gasteiger partial charge in [0.2, 0.25) is 5.28 Å². The van der Waals surface area contributed by atoms with Gasteiger partial charge in [0.25, 0.3) is 0 Å². The van der Waals surface area contributed by atoms with Crippen LogP contribution in [0, 0.1) is 5.82 Å². The summed E-state index contributed by atoms with van der Waals surface area (Å²) >= 11 is 5.80. The van der Waals surface area contributed by atoms with E-state index >= 15 is 0 Å². The Balaban J connectivity index is 1.90. The average Bonchev–Trinajstić information content (AvgIpc) is 2.85. The zero-order valence-corrected chi connectivity index (χ0v) is 10.3. The summed E-state index contributed by atoms with van der Waals surface area (Å²) in [6.45, 7) is 0.254. The topological polar surface area (TPSA) is 79.4 Å². The van der Waals surface area contributed by atoms with Gasteiger partial charge in [0.15, 0.2) is 11.5 Å². The maximum absolute atomic E-state index is 13.4. The zero-order chi connectivity index (χ0) is 13.2. The minimum atomic E-state index is -0.381. The molecule has 3 aromatic heterocycles. The number of hydrogen-bond donors (Lipinski definition) is 2. The van der Waals surface area contributed by atoms with Crippen LogP contribution in [0.5, 0.6) is 0 Å². The minimum Gasteiger partial charge on any atom is -0.364 e. The molecule has 0 radical (unpaired) electrons. The molecule has 0 spiro atoms. The van der Waals surface area contributed by atoms with Crippen molar-refractivity contribution in [3.8, 4) is 0 Å². The molecule has 19 heavy (non-hydrogen) atoms. The van der Waals surface area contributed by atoms with Crippen molar-refractivity contribution >= 4 is 28.6 Å². The number of pyridine rings is 1. The van der Waals surface area contributed by atoms with Gasteiger partial charge in [-0.1, -0.05) is 0 Å². The molecule has 3 rings (SSSR count). The van der Waals surface area contributed by atoms with Gasteiger partial charge in [-0.2, -0.15) is 9.97 Å². The molecule has 0 fully saturated rings. The Morgan fingerprint density at radius 2 is 2.26 bits per heavy atom. The maximum Gasteiger partial charge on any atom is 0.226 e. The smallest absolute Gasteiger partial charge is 0.226 e. The lowest BCUT2D eigenvalue weighted by Crippen LogP contribution is -2.05. The number of hydrogen-bond acceptors (Lipinski definition) is 5. The molecule has 0 unspecified atom stereocenters. The van der Waals surface area contributed by atoms with E-state index in [4.69, 9.17) is 11.6 Å². The van der Waals surface area contributed by atoms with E-state index in [1.165, 1.54) is 12.5 Å². The van der Waals surface area contributed by atoms with Crippen molar-refractivity contribution in [3.05, 3.63) is 41.5 Å². The van der Waals surface area contributed by atoms with Crippen LogP contribution in [-0.2, 0) is 6.54 Å². The van der Waals surface area contributed by atoms with E-state index < -0.39 is 0 Å². The van der Waals surface area contributed by atoms with Crippen LogP contribution in [0.15, 0.2) is 24.8 Å². The molecule has 0 aliphatic heterocycles. The fourth-order valence-corrected chi connectivity index (χ4v) is 1.83. The molecule has 6 nitrogen and oxygen atoms in total. The van der Waals surface area contributed by atoms with Gasteiger partial charge in [-0.05, 0) is 17.7 Å². The predicted molar refractivity (Wildman–Crippen MR) is 68.2 cm³/mol. The Morgan fingerprint density at radius 3 is 3.11 bits per heavy atom. The molecule has 0 atom stereocenters. The van der Waals surface area contributed by atoms with Crippen LogP contribution < -0.4 is 5.32 Å². The highest BCUT2D eigenvalue weighted by Gasteiger charge is 2.09. The average molecular weight is 279 g/mol. The van der Waals surface area contributed by atoms with Gasteiger partial charge < -0.3 is 10.3 Å². The monoisotopic (exact) mass is 278 g/mol. The molecule has 3 heterocycles. The van der Waals surface area contributed by atoms with E-state index in [2.05, 4.69) is 30.2 Å². The van der Waals surface area contributed by atoms with Gasteiger partial charge in [-0.25, -0.2) is 9.37 Å². The Bertz CT molecular complexity index is 728. The van der Waals surface area contributed by atoms with Gasteiger partial charge in [-0.15, -0.1) is 0 Å². The van der Waals surface area contributed by atoms with Crippen LogP contribution in [0.3, 0.4) is 0 Å². The van der Waals surface area contributed by atoms with Gasteiger partial charge in [0.05, 0.1) is 12.5 Å². The third-order valence-electron chi connectivity index (χ3n) is 2.55. The molecule has 2 N–H and O–H groups in total. The van der Waals surface area contributed by atoms with Gasteiger partial charge in [0.1, 0.15) is 11.3 Å². The predicted octanol–water partition coefficient (Wildman–Crippen LogP) is 2.15. The number of nitrogens with one attached hydrogen (secondary N) is 2. The molecule has 3 aromatic rings. The molecule has 8 heteroatoms. The molecular weight excluding hydrogens is 271 g/mol. The Morgan fingerprint density at radius 1 is 1.37 bits per heavy atom. The number of rotatable bonds is 3. The molecule has 0 aromatic carbocycles. The summed E-state index contributed by atoms with van der Waals surface area (Å²) in [5.74, 6) is 0.0703. The lowest BCUT2D eigenvalue weighted by Gasteiger charge is -2.06. The fraction of sp³-hybridized carbons (Fsp3) is 0.0909. The van der Waals surface area contributed by atoms with E-state index in [1.54, 1.807) is 6.07 Å². The number of fused-ring (bicyclic) bond motifs is 1. The lowest BCUT2D eigenvalue weighted by atomic mass is 10.2. The van der Waals surface area contributed by atoms with Crippen molar-refractivity contribution in [2.24, 2.45) is 0 Å². The normalized spacial score (nSPS) is 10.8.